The van der Waals surface area contributed by atoms with Crippen molar-refractivity contribution >= 4 is 51.0 Å². The third kappa shape index (κ3) is 8.81. The van der Waals surface area contributed by atoms with Crippen LogP contribution in [0.1, 0.15) is 11.1 Å². The second-order valence-corrected chi connectivity index (χ2v) is 11.5. The van der Waals surface area contributed by atoms with E-state index < -0.39 is 22.5 Å². The number of rotatable bonds is 12. The summed E-state index contributed by atoms with van der Waals surface area (Å²) in [6.07, 6.45) is 1.40. The van der Waals surface area contributed by atoms with Crippen molar-refractivity contribution in [3.05, 3.63) is 113 Å². The van der Waals surface area contributed by atoms with Crippen molar-refractivity contribution in [2.24, 2.45) is 5.10 Å². The highest BCUT2D eigenvalue weighted by atomic mass is 35.5. The van der Waals surface area contributed by atoms with Gasteiger partial charge < -0.3 is 14.8 Å². The van der Waals surface area contributed by atoms with Gasteiger partial charge in [-0.05, 0) is 97.4 Å². The molecule has 0 heterocycles. The number of methoxy groups -OCH3 is 1. The molecule has 2 amide bonds. The van der Waals surface area contributed by atoms with E-state index in [1.54, 1.807) is 24.3 Å². The van der Waals surface area contributed by atoms with Crippen LogP contribution in [0, 0.1) is 6.92 Å². The number of nitrogens with zero attached hydrogens (tertiary/aromatic N) is 2. The maximum atomic E-state index is 13.5. The van der Waals surface area contributed by atoms with Gasteiger partial charge in [0.05, 0.1) is 23.9 Å². The molecule has 0 aliphatic carbocycles. The van der Waals surface area contributed by atoms with Crippen LogP contribution in [-0.2, 0) is 19.6 Å². The van der Waals surface area contributed by atoms with Crippen LogP contribution in [0.2, 0.25) is 5.02 Å². The molecule has 0 atom stereocenters. The molecular weight excluding hydrogens is 592 g/mol. The van der Waals surface area contributed by atoms with Gasteiger partial charge >= 0.3 is 0 Å². The Morgan fingerprint density at radius 3 is 2.12 bits per heavy atom. The summed E-state index contributed by atoms with van der Waals surface area (Å²) in [5, 5.41) is 7.13. The normalized spacial score (nSPS) is 11.1. The highest BCUT2D eigenvalue weighted by molar-refractivity contribution is 7.92. The summed E-state index contributed by atoms with van der Waals surface area (Å²) >= 11 is 5.98. The zero-order chi connectivity index (χ0) is 30.8. The van der Waals surface area contributed by atoms with E-state index >= 15 is 0 Å². The van der Waals surface area contributed by atoms with Gasteiger partial charge in [-0.15, -0.1) is 0 Å². The Morgan fingerprint density at radius 1 is 0.860 bits per heavy atom. The van der Waals surface area contributed by atoms with Gasteiger partial charge in [0.1, 0.15) is 18.0 Å². The highest BCUT2D eigenvalue weighted by Gasteiger charge is 2.27. The highest BCUT2D eigenvalue weighted by Crippen LogP contribution is 2.26. The van der Waals surface area contributed by atoms with Crippen molar-refractivity contribution in [1.82, 2.24) is 5.43 Å². The fourth-order valence-corrected chi connectivity index (χ4v) is 5.32. The predicted octanol–water partition coefficient (Wildman–Crippen LogP) is 5.02. The number of amides is 2. The Labute approximate surface area is 254 Å². The van der Waals surface area contributed by atoms with Crippen LogP contribution in [0.3, 0.4) is 0 Å². The van der Waals surface area contributed by atoms with Crippen molar-refractivity contribution in [3.63, 3.8) is 0 Å². The molecule has 0 bridgehead atoms. The summed E-state index contributed by atoms with van der Waals surface area (Å²) in [7, 11) is -2.64. The summed E-state index contributed by atoms with van der Waals surface area (Å²) in [6, 6.07) is 26.1. The first-order valence-electron chi connectivity index (χ1n) is 13.0. The summed E-state index contributed by atoms with van der Waals surface area (Å²) in [4.78, 5) is 24.9. The minimum Gasteiger partial charge on any atom is -0.497 e. The van der Waals surface area contributed by atoms with Crippen LogP contribution < -0.4 is 24.5 Å². The van der Waals surface area contributed by atoms with Crippen LogP contribution in [0.25, 0.3) is 0 Å². The van der Waals surface area contributed by atoms with E-state index in [4.69, 9.17) is 21.1 Å². The fraction of sp³-hybridized carbons (Fsp3) is 0.129. The number of halogens is 1. The molecule has 43 heavy (non-hydrogen) atoms. The second-order valence-electron chi connectivity index (χ2n) is 9.23. The second kappa shape index (κ2) is 14.3. The lowest BCUT2D eigenvalue weighted by molar-refractivity contribution is -0.119. The zero-order valence-corrected chi connectivity index (χ0v) is 24.9. The van der Waals surface area contributed by atoms with Gasteiger partial charge in [0.15, 0.2) is 6.61 Å². The molecule has 4 aromatic rings. The van der Waals surface area contributed by atoms with Gasteiger partial charge in [-0.2, -0.15) is 5.10 Å². The summed E-state index contributed by atoms with van der Waals surface area (Å²) in [5.74, 6) is 0.0107. The molecule has 0 spiro atoms. The summed E-state index contributed by atoms with van der Waals surface area (Å²) < 4.78 is 38.6. The summed E-state index contributed by atoms with van der Waals surface area (Å²) in [5.41, 5.74) is 5.02. The molecule has 0 radical (unpaired) electrons. The average molecular weight is 621 g/mol. The van der Waals surface area contributed by atoms with E-state index in [2.05, 4.69) is 15.8 Å². The molecule has 4 aromatic carbocycles. The number of hydrogen-bond acceptors (Lipinski definition) is 7. The number of benzene rings is 4. The van der Waals surface area contributed by atoms with E-state index in [1.165, 1.54) is 61.9 Å². The number of ether oxygens (including phenoxy) is 2. The van der Waals surface area contributed by atoms with Gasteiger partial charge in [0.25, 0.3) is 21.8 Å². The standard InChI is InChI=1S/C31H29ClN4O6S/c1-22-3-9-25(10-4-22)34-31(38)21-42-28-13-5-23(6-14-28)19-33-35-30(37)20-36(26-11-7-24(32)8-12-26)43(39,40)29-17-15-27(41-2)16-18-29/h3-19H,20-21H2,1-2H3,(H,34,38)(H,35,37)/b33-19+. The first kappa shape index (κ1) is 31.1. The average Bonchev–Trinajstić information content (AvgIpc) is 3.01. The molecule has 0 aliphatic heterocycles. The van der Waals surface area contributed by atoms with Crippen molar-refractivity contribution < 1.29 is 27.5 Å². The number of anilines is 2. The lowest BCUT2D eigenvalue weighted by atomic mass is 10.2. The minimum atomic E-state index is -4.12. The monoisotopic (exact) mass is 620 g/mol. The van der Waals surface area contributed by atoms with E-state index in [0.717, 1.165) is 9.87 Å². The Hall–Kier alpha value is -4.87. The molecule has 0 fully saturated rings. The van der Waals surface area contributed by atoms with Crippen LogP contribution in [0.4, 0.5) is 11.4 Å². The number of aryl methyl sites for hydroxylation is 1. The minimum absolute atomic E-state index is 0.0190. The molecule has 2 N–H and O–H groups in total. The van der Waals surface area contributed by atoms with Gasteiger partial charge in [0.2, 0.25) is 0 Å². The lowest BCUT2D eigenvalue weighted by Gasteiger charge is -2.23. The van der Waals surface area contributed by atoms with Crippen LogP contribution in [0.15, 0.2) is 107 Å². The Morgan fingerprint density at radius 2 is 1.49 bits per heavy atom. The van der Waals surface area contributed by atoms with E-state index in [0.29, 0.717) is 27.8 Å². The van der Waals surface area contributed by atoms with Crippen molar-refractivity contribution in [3.8, 4) is 11.5 Å². The molecule has 0 aromatic heterocycles. The maximum absolute atomic E-state index is 13.5. The Kier molecular flexibility index (Phi) is 10.4. The van der Waals surface area contributed by atoms with Crippen molar-refractivity contribution in [2.75, 3.05) is 29.9 Å². The topological polar surface area (TPSA) is 126 Å². The zero-order valence-electron chi connectivity index (χ0n) is 23.4. The quantitative estimate of drug-likeness (QED) is 0.169. The van der Waals surface area contributed by atoms with E-state index in [9.17, 15) is 18.0 Å². The first-order chi connectivity index (χ1) is 20.6. The third-order valence-electron chi connectivity index (χ3n) is 6.04. The molecule has 12 heteroatoms. The Bertz CT molecular complexity index is 1680. The van der Waals surface area contributed by atoms with Crippen molar-refractivity contribution in [1.29, 1.82) is 0 Å². The van der Waals surface area contributed by atoms with Gasteiger partial charge in [-0.1, -0.05) is 29.3 Å². The van der Waals surface area contributed by atoms with E-state index in [1.807, 2.05) is 31.2 Å². The van der Waals surface area contributed by atoms with E-state index in [-0.39, 0.29) is 23.1 Å². The molecule has 0 saturated heterocycles. The number of carbonyl (C=O) groups excluding carboxylic acids is 2. The molecular formula is C31H29ClN4O6S. The van der Waals surface area contributed by atoms with Crippen LogP contribution in [-0.4, -0.2) is 46.7 Å². The van der Waals surface area contributed by atoms with Gasteiger partial charge in [-0.3, -0.25) is 13.9 Å². The summed E-state index contributed by atoms with van der Waals surface area (Å²) in [6.45, 7) is 1.26. The predicted molar refractivity (Wildman–Crippen MR) is 166 cm³/mol. The number of carbonyl (C=O) groups is 2. The molecule has 0 saturated carbocycles. The van der Waals surface area contributed by atoms with Crippen molar-refractivity contribution in [2.45, 2.75) is 11.8 Å². The van der Waals surface area contributed by atoms with Gasteiger partial charge in [-0.25, -0.2) is 13.8 Å². The largest absolute Gasteiger partial charge is 0.497 e. The molecule has 10 nitrogen and oxygen atoms in total. The number of hydrazone groups is 1. The number of hydrogen-bond donors (Lipinski definition) is 2. The lowest BCUT2D eigenvalue weighted by Crippen LogP contribution is -2.39. The van der Waals surface area contributed by atoms with Crippen LogP contribution >= 0.6 is 11.6 Å². The fourth-order valence-electron chi connectivity index (χ4n) is 3.77. The number of sulfonamides is 1. The molecule has 0 aliphatic rings. The van der Waals surface area contributed by atoms with Gasteiger partial charge in [0, 0.05) is 10.7 Å². The smallest absolute Gasteiger partial charge is 0.264 e. The third-order valence-corrected chi connectivity index (χ3v) is 8.08. The molecule has 4 rings (SSSR count). The first-order valence-corrected chi connectivity index (χ1v) is 14.8. The Balaban J connectivity index is 1.35. The molecule has 0 unspecified atom stereocenters. The SMILES string of the molecule is COc1ccc(S(=O)(=O)N(CC(=O)N/N=C/c2ccc(OCC(=O)Nc3ccc(C)cc3)cc2)c2ccc(Cl)cc2)cc1. The molecule has 222 valence electrons. The maximum Gasteiger partial charge on any atom is 0.264 e. The van der Waals surface area contributed by atoms with Crippen LogP contribution in [0.5, 0.6) is 11.5 Å². The number of nitrogens with one attached hydrogen (secondary N) is 2.